The van der Waals surface area contributed by atoms with Crippen molar-refractivity contribution in [3.05, 3.63) is 71.7 Å². The lowest BCUT2D eigenvalue weighted by Gasteiger charge is -2.04. The second-order valence-electron chi connectivity index (χ2n) is 5.04. The molecule has 1 aromatic heterocycles. The van der Waals surface area contributed by atoms with E-state index in [0.717, 1.165) is 12.1 Å². The van der Waals surface area contributed by atoms with E-state index in [1.807, 2.05) is 0 Å². The molecule has 0 radical (unpaired) electrons. The molecule has 0 aliphatic heterocycles. The van der Waals surface area contributed by atoms with E-state index in [0.29, 0.717) is 23.1 Å². The third-order valence-corrected chi connectivity index (χ3v) is 3.23. The molecule has 0 aliphatic carbocycles. The van der Waals surface area contributed by atoms with Crippen LogP contribution in [-0.4, -0.2) is 11.1 Å². The number of amides is 1. The van der Waals surface area contributed by atoms with Gasteiger partial charge in [0.1, 0.15) is 17.5 Å². The number of nitrogens with one attached hydrogen (secondary N) is 1. The molecule has 2 aromatic carbocycles. The average Bonchev–Trinajstić information content (AvgIpc) is 2.99. The molecular formula is C17H11F3N2O2. The minimum atomic E-state index is -0.865. The highest BCUT2D eigenvalue weighted by atomic mass is 19.1. The van der Waals surface area contributed by atoms with Crippen molar-refractivity contribution in [3.8, 4) is 11.3 Å². The van der Waals surface area contributed by atoms with Gasteiger partial charge in [0.15, 0.2) is 5.76 Å². The molecule has 0 bridgehead atoms. The number of rotatable bonds is 4. The number of aromatic nitrogens is 1. The van der Waals surface area contributed by atoms with Crippen LogP contribution in [0.4, 0.5) is 18.9 Å². The Labute approximate surface area is 134 Å². The van der Waals surface area contributed by atoms with Crippen LogP contribution in [-0.2, 0) is 11.2 Å². The Kier molecular flexibility index (Phi) is 4.33. The number of anilines is 1. The second-order valence-corrected chi connectivity index (χ2v) is 5.04. The van der Waals surface area contributed by atoms with Gasteiger partial charge >= 0.3 is 0 Å². The predicted octanol–water partition coefficient (Wildman–Crippen LogP) is 3.94. The molecular weight excluding hydrogens is 321 g/mol. The van der Waals surface area contributed by atoms with Crippen molar-refractivity contribution < 1.29 is 22.5 Å². The molecule has 24 heavy (non-hydrogen) atoms. The van der Waals surface area contributed by atoms with Crippen LogP contribution in [0, 0.1) is 17.5 Å². The minimum absolute atomic E-state index is 0.122. The highest BCUT2D eigenvalue weighted by Gasteiger charge is 2.13. The lowest BCUT2D eigenvalue weighted by Crippen LogP contribution is -2.15. The van der Waals surface area contributed by atoms with Crippen molar-refractivity contribution in [2.45, 2.75) is 6.42 Å². The number of benzene rings is 2. The molecule has 0 saturated carbocycles. The van der Waals surface area contributed by atoms with E-state index in [4.69, 9.17) is 4.52 Å². The SMILES string of the molecule is O=C(Cc1cc(-c2ccc(F)cc2)on1)Nc1ccc(F)cc1F. The molecule has 3 aromatic rings. The van der Waals surface area contributed by atoms with Gasteiger partial charge in [-0.2, -0.15) is 0 Å². The first kappa shape index (κ1) is 15.8. The van der Waals surface area contributed by atoms with Gasteiger partial charge in [0.2, 0.25) is 5.91 Å². The van der Waals surface area contributed by atoms with Gasteiger partial charge in [-0.3, -0.25) is 4.79 Å². The lowest BCUT2D eigenvalue weighted by molar-refractivity contribution is -0.115. The first-order valence-corrected chi connectivity index (χ1v) is 6.98. The molecule has 0 saturated heterocycles. The second kappa shape index (κ2) is 6.57. The summed E-state index contributed by atoms with van der Waals surface area (Å²) in [5, 5.41) is 6.08. The van der Waals surface area contributed by atoms with Crippen LogP contribution in [0.25, 0.3) is 11.3 Å². The van der Waals surface area contributed by atoms with Gasteiger partial charge in [-0.15, -0.1) is 0 Å². The largest absolute Gasteiger partial charge is 0.356 e. The lowest BCUT2D eigenvalue weighted by atomic mass is 10.1. The molecule has 122 valence electrons. The third kappa shape index (κ3) is 3.62. The fourth-order valence-corrected chi connectivity index (χ4v) is 2.10. The maximum absolute atomic E-state index is 13.5. The molecule has 0 unspecified atom stereocenters. The van der Waals surface area contributed by atoms with E-state index < -0.39 is 17.5 Å². The number of hydrogen-bond donors (Lipinski definition) is 1. The van der Waals surface area contributed by atoms with E-state index >= 15 is 0 Å². The zero-order valence-corrected chi connectivity index (χ0v) is 12.2. The monoisotopic (exact) mass is 332 g/mol. The van der Waals surface area contributed by atoms with Crippen molar-refractivity contribution in [1.29, 1.82) is 0 Å². The molecule has 0 spiro atoms. The van der Waals surface area contributed by atoms with E-state index in [1.54, 1.807) is 0 Å². The van der Waals surface area contributed by atoms with Crippen molar-refractivity contribution >= 4 is 11.6 Å². The Morgan fingerprint density at radius 3 is 2.42 bits per heavy atom. The van der Waals surface area contributed by atoms with E-state index in [9.17, 15) is 18.0 Å². The summed E-state index contributed by atoms with van der Waals surface area (Å²) in [6, 6.07) is 9.99. The molecule has 1 heterocycles. The summed E-state index contributed by atoms with van der Waals surface area (Å²) in [4.78, 5) is 11.9. The molecule has 0 atom stereocenters. The smallest absolute Gasteiger partial charge is 0.230 e. The topological polar surface area (TPSA) is 55.1 Å². The summed E-state index contributed by atoms with van der Waals surface area (Å²) in [5.74, 6) is -2.12. The highest BCUT2D eigenvalue weighted by Crippen LogP contribution is 2.21. The maximum atomic E-state index is 13.5. The molecule has 3 rings (SSSR count). The van der Waals surface area contributed by atoms with Crippen LogP contribution in [0.2, 0.25) is 0 Å². The van der Waals surface area contributed by atoms with Gasteiger partial charge < -0.3 is 9.84 Å². The number of hydrogen-bond acceptors (Lipinski definition) is 3. The van der Waals surface area contributed by atoms with E-state index in [2.05, 4.69) is 10.5 Å². The predicted molar refractivity (Wildman–Crippen MR) is 80.6 cm³/mol. The first-order chi connectivity index (χ1) is 11.5. The Morgan fingerprint density at radius 1 is 1.00 bits per heavy atom. The maximum Gasteiger partial charge on any atom is 0.230 e. The Bertz CT molecular complexity index is 876. The van der Waals surface area contributed by atoms with Gasteiger partial charge in [0.05, 0.1) is 17.8 Å². The third-order valence-electron chi connectivity index (χ3n) is 3.23. The normalized spacial score (nSPS) is 10.6. The van der Waals surface area contributed by atoms with Crippen molar-refractivity contribution in [3.63, 3.8) is 0 Å². The number of carbonyl (C=O) groups is 1. The molecule has 7 heteroatoms. The molecule has 4 nitrogen and oxygen atoms in total. The Morgan fingerprint density at radius 2 is 1.71 bits per heavy atom. The quantitative estimate of drug-likeness (QED) is 0.787. The zero-order chi connectivity index (χ0) is 17.1. The van der Waals surface area contributed by atoms with Crippen LogP contribution in [0.15, 0.2) is 53.1 Å². The number of carbonyl (C=O) groups excluding carboxylic acids is 1. The van der Waals surface area contributed by atoms with Crippen LogP contribution < -0.4 is 5.32 Å². The fourth-order valence-electron chi connectivity index (χ4n) is 2.10. The molecule has 1 amide bonds. The Balaban J connectivity index is 1.68. The van der Waals surface area contributed by atoms with E-state index in [-0.39, 0.29) is 17.9 Å². The molecule has 0 fully saturated rings. The fraction of sp³-hybridized carbons (Fsp3) is 0.0588. The first-order valence-electron chi connectivity index (χ1n) is 6.98. The zero-order valence-electron chi connectivity index (χ0n) is 12.2. The van der Waals surface area contributed by atoms with Crippen LogP contribution in [0.1, 0.15) is 5.69 Å². The molecule has 0 aliphatic rings. The average molecular weight is 332 g/mol. The highest BCUT2D eigenvalue weighted by molar-refractivity contribution is 5.92. The summed E-state index contributed by atoms with van der Waals surface area (Å²) in [5.41, 5.74) is 0.818. The summed E-state index contributed by atoms with van der Waals surface area (Å²) < 4.78 is 44.3. The van der Waals surface area contributed by atoms with Crippen LogP contribution >= 0.6 is 0 Å². The summed E-state index contributed by atoms with van der Waals surface area (Å²) in [7, 11) is 0. The van der Waals surface area contributed by atoms with E-state index in [1.165, 1.54) is 30.3 Å². The Hall–Kier alpha value is -3.09. The van der Waals surface area contributed by atoms with Gasteiger partial charge in [0, 0.05) is 17.7 Å². The summed E-state index contributed by atoms with van der Waals surface area (Å²) >= 11 is 0. The van der Waals surface area contributed by atoms with Crippen molar-refractivity contribution in [2.75, 3.05) is 5.32 Å². The van der Waals surface area contributed by atoms with Crippen molar-refractivity contribution in [2.24, 2.45) is 0 Å². The standard InChI is InChI=1S/C17H11F3N2O2/c18-11-3-1-10(2-4-11)16-8-13(22-24-16)9-17(23)21-15-6-5-12(19)7-14(15)20/h1-8H,9H2,(H,21,23). The van der Waals surface area contributed by atoms with Gasteiger partial charge in [0.25, 0.3) is 0 Å². The number of nitrogens with zero attached hydrogens (tertiary/aromatic N) is 1. The van der Waals surface area contributed by atoms with Crippen LogP contribution in [0.5, 0.6) is 0 Å². The van der Waals surface area contributed by atoms with Crippen molar-refractivity contribution in [1.82, 2.24) is 5.16 Å². The molecule has 1 N–H and O–H groups in total. The summed E-state index contributed by atoms with van der Waals surface area (Å²) in [6.45, 7) is 0. The minimum Gasteiger partial charge on any atom is -0.356 e. The van der Waals surface area contributed by atoms with Gasteiger partial charge in [-0.1, -0.05) is 5.16 Å². The van der Waals surface area contributed by atoms with Crippen LogP contribution in [0.3, 0.4) is 0 Å². The summed E-state index contributed by atoms with van der Waals surface area (Å²) in [6.07, 6.45) is -0.151. The van der Waals surface area contributed by atoms with Gasteiger partial charge in [-0.25, -0.2) is 13.2 Å². The van der Waals surface area contributed by atoms with Gasteiger partial charge in [-0.05, 0) is 36.4 Å². The number of halogens is 3.